The van der Waals surface area contributed by atoms with Crippen molar-refractivity contribution >= 4 is 11.6 Å². The van der Waals surface area contributed by atoms with Gasteiger partial charge in [0, 0.05) is 11.4 Å². The van der Waals surface area contributed by atoms with E-state index in [1.165, 1.54) is 57.9 Å². The summed E-state index contributed by atoms with van der Waals surface area (Å²) < 4.78 is 0. The number of hydrogen-bond acceptors (Lipinski definition) is 1. The molecule has 0 bridgehead atoms. The maximum Gasteiger partial charge on any atom is 0.0491 e. The fourth-order valence-electron chi connectivity index (χ4n) is 2.52. The van der Waals surface area contributed by atoms with Crippen LogP contribution >= 0.6 is 11.6 Å². The zero-order chi connectivity index (χ0) is 11.1. The van der Waals surface area contributed by atoms with E-state index in [9.17, 15) is 0 Å². The van der Waals surface area contributed by atoms with Crippen LogP contribution in [0.3, 0.4) is 0 Å². The van der Waals surface area contributed by atoms with Crippen LogP contribution in [-0.4, -0.2) is 29.9 Å². The molecule has 0 heterocycles. The first-order chi connectivity index (χ1) is 7.25. The van der Waals surface area contributed by atoms with Gasteiger partial charge in [0.2, 0.25) is 0 Å². The SMILES string of the molecule is CCCCCCN(C)C1CCCCC1Cl. The quantitative estimate of drug-likeness (QED) is 0.493. The lowest BCUT2D eigenvalue weighted by molar-refractivity contribution is 0.192. The van der Waals surface area contributed by atoms with Gasteiger partial charge in [0.15, 0.2) is 0 Å². The number of alkyl halides is 1. The molecule has 0 aromatic rings. The molecule has 0 spiro atoms. The van der Waals surface area contributed by atoms with Crippen LogP contribution in [0.2, 0.25) is 0 Å². The summed E-state index contributed by atoms with van der Waals surface area (Å²) in [4.78, 5) is 2.49. The lowest BCUT2D eigenvalue weighted by atomic mass is 9.94. The highest BCUT2D eigenvalue weighted by atomic mass is 35.5. The highest BCUT2D eigenvalue weighted by molar-refractivity contribution is 6.21. The zero-order valence-electron chi connectivity index (χ0n) is 10.3. The average molecular weight is 232 g/mol. The van der Waals surface area contributed by atoms with E-state index in [1.54, 1.807) is 0 Å². The second kappa shape index (κ2) is 7.51. The molecule has 0 N–H and O–H groups in total. The summed E-state index contributed by atoms with van der Waals surface area (Å²) in [7, 11) is 2.25. The molecule has 1 aliphatic carbocycles. The minimum atomic E-state index is 0.398. The normalized spacial score (nSPS) is 27.2. The van der Waals surface area contributed by atoms with Crippen LogP contribution in [0.15, 0.2) is 0 Å². The van der Waals surface area contributed by atoms with E-state index in [0.29, 0.717) is 11.4 Å². The monoisotopic (exact) mass is 231 g/mol. The van der Waals surface area contributed by atoms with Gasteiger partial charge in [0.05, 0.1) is 0 Å². The Morgan fingerprint density at radius 3 is 2.53 bits per heavy atom. The molecule has 1 rings (SSSR count). The third-order valence-corrected chi connectivity index (χ3v) is 4.09. The second-order valence-corrected chi connectivity index (χ2v) is 5.47. The topological polar surface area (TPSA) is 3.24 Å². The van der Waals surface area contributed by atoms with Gasteiger partial charge in [-0.3, -0.25) is 0 Å². The van der Waals surface area contributed by atoms with Crippen molar-refractivity contribution in [2.45, 2.75) is 69.7 Å². The lowest BCUT2D eigenvalue weighted by Gasteiger charge is -2.34. The van der Waals surface area contributed by atoms with Crippen molar-refractivity contribution < 1.29 is 0 Å². The Bertz CT molecular complexity index is 161. The molecule has 1 nitrogen and oxygen atoms in total. The lowest BCUT2D eigenvalue weighted by Crippen LogP contribution is -2.41. The second-order valence-electron chi connectivity index (χ2n) is 4.91. The Morgan fingerprint density at radius 1 is 1.13 bits per heavy atom. The van der Waals surface area contributed by atoms with Crippen molar-refractivity contribution in [3.8, 4) is 0 Å². The van der Waals surface area contributed by atoms with E-state index in [1.807, 2.05) is 0 Å². The van der Waals surface area contributed by atoms with E-state index >= 15 is 0 Å². The zero-order valence-corrected chi connectivity index (χ0v) is 11.1. The number of halogens is 1. The van der Waals surface area contributed by atoms with Gasteiger partial charge < -0.3 is 4.90 Å². The molecule has 2 unspecified atom stereocenters. The molecule has 0 aromatic carbocycles. The molecule has 90 valence electrons. The third kappa shape index (κ3) is 4.74. The standard InChI is InChI=1S/C13H26ClN/c1-3-4-5-8-11-15(2)13-10-7-6-9-12(13)14/h12-13H,3-11H2,1-2H3. The van der Waals surface area contributed by atoms with Crippen molar-refractivity contribution in [3.05, 3.63) is 0 Å². The number of hydrogen-bond donors (Lipinski definition) is 0. The molecule has 0 aromatic heterocycles. The van der Waals surface area contributed by atoms with E-state index in [4.69, 9.17) is 11.6 Å². The Hall–Kier alpha value is 0.250. The Kier molecular flexibility index (Phi) is 6.67. The van der Waals surface area contributed by atoms with Gasteiger partial charge in [-0.15, -0.1) is 11.6 Å². The Labute approximate surface area is 100 Å². The van der Waals surface area contributed by atoms with Gasteiger partial charge >= 0.3 is 0 Å². The molecular weight excluding hydrogens is 206 g/mol. The van der Waals surface area contributed by atoms with Gasteiger partial charge in [-0.05, 0) is 32.9 Å². The average Bonchev–Trinajstić information content (AvgIpc) is 2.25. The summed E-state index contributed by atoms with van der Waals surface area (Å²) in [6, 6.07) is 0.641. The maximum absolute atomic E-state index is 6.38. The highest BCUT2D eigenvalue weighted by Crippen LogP contribution is 2.26. The molecule has 0 radical (unpaired) electrons. The van der Waals surface area contributed by atoms with Crippen molar-refractivity contribution in [1.29, 1.82) is 0 Å². The summed E-state index contributed by atoms with van der Waals surface area (Å²) >= 11 is 6.38. The van der Waals surface area contributed by atoms with Crippen LogP contribution < -0.4 is 0 Å². The molecule has 2 heteroatoms. The Morgan fingerprint density at radius 2 is 1.87 bits per heavy atom. The van der Waals surface area contributed by atoms with Gasteiger partial charge in [-0.25, -0.2) is 0 Å². The van der Waals surface area contributed by atoms with Crippen molar-refractivity contribution in [3.63, 3.8) is 0 Å². The van der Waals surface area contributed by atoms with E-state index in [0.717, 1.165) is 0 Å². The van der Waals surface area contributed by atoms with E-state index in [-0.39, 0.29) is 0 Å². The summed E-state index contributed by atoms with van der Waals surface area (Å²) in [6.45, 7) is 3.49. The van der Waals surface area contributed by atoms with Gasteiger partial charge in [-0.1, -0.05) is 39.0 Å². The minimum absolute atomic E-state index is 0.398. The van der Waals surface area contributed by atoms with Crippen LogP contribution in [0.25, 0.3) is 0 Å². The summed E-state index contributed by atoms with van der Waals surface area (Å²) in [6.07, 6.45) is 10.6. The van der Waals surface area contributed by atoms with E-state index in [2.05, 4.69) is 18.9 Å². The summed E-state index contributed by atoms with van der Waals surface area (Å²) in [5.41, 5.74) is 0. The largest absolute Gasteiger partial charge is 0.302 e. The third-order valence-electron chi connectivity index (χ3n) is 3.58. The predicted octanol–water partition coefficient (Wildman–Crippen LogP) is 4.05. The van der Waals surface area contributed by atoms with Gasteiger partial charge in [-0.2, -0.15) is 0 Å². The smallest absolute Gasteiger partial charge is 0.0491 e. The molecule has 2 atom stereocenters. The van der Waals surface area contributed by atoms with Crippen molar-refractivity contribution in [2.24, 2.45) is 0 Å². The fraction of sp³-hybridized carbons (Fsp3) is 1.00. The maximum atomic E-state index is 6.38. The number of rotatable bonds is 6. The molecule has 0 saturated heterocycles. The first-order valence-electron chi connectivity index (χ1n) is 6.60. The highest BCUT2D eigenvalue weighted by Gasteiger charge is 2.25. The molecule has 1 saturated carbocycles. The molecule has 1 fully saturated rings. The first kappa shape index (κ1) is 13.3. The fourth-order valence-corrected chi connectivity index (χ4v) is 2.99. The van der Waals surface area contributed by atoms with Gasteiger partial charge in [0.1, 0.15) is 0 Å². The molecule has 15 heavy (non-hydrogen) atoms. The van der Waals surface area contributed by atoms with Crippen molar-refractivity contribution in [2.75, 3.05) is 13.6 Å². The van der Waals surface area contributed by atoms with Crippen molar-refractivity contribution in [1.82, 2.24) is 4.90 Å². The molecular formula is C13H26ClN. The van der Waals surface area contributed by atoms with Crippen LogP contribution in [0.4, 0.5) is 0 Å². The van der Waals surface area contributed by atoms with E-state index < -0.39 is 0 Å². The molecule has 1 aliphatic rings. The van der Waals surface area contributed by atoms with Crippen LogP contribution in [-0.2, 0) is 0 Å². The number of unbranched alkanes of at least 4 members (excludes halogenated alkanes) is 3. The van der Waals surface area contributed by atoms with Gasteiger partial charge in [0.25, 0.3) is 0 Å². The Balaban J connectivity index is 2.16. The molecule has 0 amide bonds. The first-order valence-corrected chi connectivity index (χ1v) is 7.03. The molecule has 0 aliphatic heterocycles. The van der Waals surface area contributed by atoms with Crippen LogP contribution in [0.5, 0.6) is 0 Å². The minimum Gasteiger partial charge on any atom is -0.302 e. The number of nitrogens with zero attached hydrogens (tertiary/aromatic N) is 1. The van der Waals surface area contributed by atoms with Crippen LogP contribution in [0.1, 0.15) is 58.3 Å². The predicted molar refractivity (Wildman–Crippen MR) is 68.7 cm³/mol. The summed E-state index contributed by atoms with van der Waals surface area (Å²) in [5, 5.41) is 0.398. The summed E-state index contributed by atoms with van der Waals surface area (Å²) in [5.74, 6) is 0. The van der Waals surface area contributed by atoms with Crippen LogP contribution in [0, 0.1) is 0 Å².